The molecule has 0 aromatic heterocycles. The first-order valence-electron chi connectivity index (χ1n) is 7.97. The lowest BCUT2D eigenvalue weighted by Crippen LogP contribution is -2.54. The van der Waals surface area contributed by atoms with Crippen LogP contribution in [0.3, 0.4) is 0 Å². The van der Waals surface area contributed by atoms with Crippen LogP contribution in [0, 0.1) is 0 Å². The molecule has 128 valence electrons. The van der Waals surface area contributed by atoms with E-state index in [0.29, 0.717) is 0 Å². The van der Waals surface area contributed by atoms with Gasteiger partial charge in [-0.15, -0.1) is 0 Å². The van der Waals surface area contributed by atoms with Crippen molar-refractivity contribution in [1.82, 2.24) is 0 Å². The molecule has 0 radical (unpaired) electrons. The van der Waals surface area contributed by atoms with Crippen LogP contribution < -0.4 is 0 Å². The van der Waals surface area contributed by atoms with E-state index in [0.717, 1.165) is 17.5 Å². The van der Waals surface area contributed by atoms with Crippen LogP contribution in [-0.4, -0.2) is 64.2 Å². The van der Waals surface area contributed by atoms with Crippen LogP contribution in [-0.2, 0) is 12.7 Å². The molecule has 7 heteroatoms. The molecule has 4 nitrogen and oxygen atoms in total. The van der Waals surface area contributed by atoms with Gasteiger partial charge in [-0.2, -0.15) is 0 Å². The molecule has 0 aliphatic heterocycles. The summed E-state index contributed by atoms with van der Waals surface area (Å²) in [5, 5.41) is 0. The molecular weight excluding hydrogens is 314 g/mol. The van der Waals surface area contributed by atoms with Crippen molar-refractivity contribution < 1.29 is 17.1 Å². The lowest BCUT2D eigenvalue weighted by Gasteiger charge is -2.37. The van der Waals surface area contributed by atoms with Crippen molar-refractivity contribution in [2.24, 2.45) is 0 Å². The van der Waals surface area contributed by atoms with Crippen molar-refractivity contribution >= 4 is 25.4 Å². The lowest BCUT2D eigenvalue weighted by molar-refractivity contribution is -0.870. The number of unbranched alkanes of at least 4 members (excludes halogenated alkanes) is 1. The molecule has 0 saturated carbocycles. The van der Waals surface area contributed by atoms with Crippen LogP contribution in [0.25, 0.3) is 0 Å². The third kappa shape index (κ3) is 13.9. The standard InChI is InChI=1S/C14H38NO3Si3/c1-15(2,3)13-11-12-14-16-21(10,17-19(4,5)6)18-20(7,8)9/h11-14H2,1-10H3/q+1. The van der Waals surface area contributed by atoms with Crippen LogP contribution in [0.5, 0.6) is 0 Å². The third-order valence-electron chi connectivity index (χ3n) is 2.57. The predicted octanol–water partition coefficient (Wildman–Crippen LogP) is 3.76. The smallest absolute Gasteiger partial charge is 0.417 e. The highest BCUT2D eigenvalue weighted by atomic mass is 28.5. The fourth-order valence-corrected chi connectivity index (χ4v) is 12.6. The van der Waals surface area contributed by atoms with E-state index in [1.165, 1.54) is 13.0 Å². The minimum atomic E-state index is -2.50. The summed E-state index contributed by atoms with van der Waals surface area (Å²) in [5.74, 6) is 0. The average molecular weight is 353 g/mol. The van der Waals surface area contributed by atoms with Gasteiger partial charge in [0, 0.05) is 13.2 Å². The molecule has 0 amide bonds. The summed E-state index contributed by atoms with van der Waals surface area (Å²) in [7, 11) is 0.856. The molecular formula is C14H38NO3Si3+. The number of hydrogen-bond acceptors (Lipinski definition) is 3. The van der Waals surface area contributed by atoms with Crippen LogP contribution in [0.4, 0.5) is 0 Å². The summed E-state index contributed by atoms with van der Waals surface area (Å²) < 4.78 is 19.8. The normalized spacial score (nSPS) is 14.6. The maximum absolute atomic E-state index is 6.31. The minimum Gasteiger partial charge on any atom is -0.417 e. The van der Waals surface area contributed by atoms with Crippen LogP contribution in [0.15, 0.2) is 0 Å². The molecule has 0 aromatic carbocycles. The van der Waals surface area contributed by atoms with Crippen molar-refractivity contribution in [2.75, 3.05) is 34.3 Å². The Morgan fingerprint density at radius 3 is 1.48 bits per heavy atom. The second kappa shape index (κ2) is 7.85. The average Bonchev–Trinajstić information content (AvgIpc) is 2.07. The van der Waals surface area contributed by atoms with Gasteiger partial charge in [0.1, 0.15) is 0 Å². The highest BCUT2D eigenvalue weighted by molar-refractivity contribution is 6.85. The Kier molecular flexibility index (Phi) is 8.03. The van der Waals surface area contributed by atoms with E-state index in [-0.39, 0.29) is 0 Å². The second-order valence-corrected chi connectivity index (χ2v) is 21.0. The number of rotatable bonds is 10. The molecule has 0 atom stereocenters. The van der Waals surface area contributed by atoms with E-state index in [9.17, 15) is 0 Å². The molecule has 0 spiro atoms. The Morgan fingerprint density at radius 1 is 0.714 bits per heavy atom. The number of nitrogens with zero attached hydrogens (tertiary/aromatic N) is 1. The van der Waals surface area contributed by atoms with Gasteiger partial charge in [-0.05, 0) is 52.1 Å². The summed E-state index contributed by atoms with van der Waals surface area (Å²) in [4.78, 5) is 0. The summed E-state index contributed by atoms with van der Waals surface area (Å²) >= 11 is 0. The first-order valence-corrected chi connectivity index (χ1v) is 17.0. The zero-order chi connectivity index (χ0) is 16.9. The highest BCUT2D eigenvalue weighted by Gasteiger charge is 2.42. The number of hydrogen-bond donors (Lipinski definition) is 0. The quantitative estimate of drug-likeness (QED) is 0.340. The molecule has 0 aromatic rings. The minimum absolute atomic E-state index is 0.748. The van der Waals surface area contributed by atoms with Crippen molar-refractivity contribution in [3.05, 3.63) is 0 Å². The van der Waals surface area contributed by atoms with Crippen LogP contribution in [0.1, 0.15) is 12.8 Å². The Labute approximate surface area is 136 Å². The molecule has 21 heavy (non-hydrogen) atoms. The fourth-order valence-electron chi connectivity index (χ4n) is 2.14. The SMILES string of the molecule is C[N+](C)(C)CCCCO[Si](C)(O[Si](C)(C)C)O[Si](C)(C)C. The summed E-state index contributed by atoms with van der Waals surface area (Å²) in [6.45, 7) is 17.2. The zero-order valence-corrected chi connectivity index (χ0v) is 19.0. The van der Waals surface area contributed by atoms with E-state index in [1.807, 2.05) is 0 Å². The van der Waals surface area contributed by atoms with Crippen LogP contribution >= 0.6 is 0 Å². The summed E-state index contributed by atoms with van der Waals surface area (Å²) in [6.07, 6.45) is 2.25. The van der Waals surface area contributed by atoms with E-state index >= 15 is 0 Å². The van der Waals surface area contributed by atoms with Crippen molar-refractivity contribution in [3.8, 4) is 0 Å². The molecule has 0 bridgehead atoms. The summed E-state index contributed by atoms with van der Waals surface area (Å²) in [6, 6.07) is 0. The van der Waals surface area contributed by atoms with Gasteiger partial charge < -0.3 is 17.1 Å². The Hall–Kier alpha value is 0.491. The van der Waals surface area contributed by atoms with Gasteiger partial charge in [0.05, 0.1) is 27.7 Å². The first-order chi connectivity index (χ1) is 9.12. The van der Waals surface area contributed by atoms with Crippen molar-refractivity contribution in [1.29, 1.82) is 0 Å². The molecule has 0 fully saturated rings. The maximum atomic E-state index is 6.31. The van der Waals surface area contributed by atoms with E-state index in [2.05, 4.69) is 67.0 Å². The molecule has 0 aliphatic rings. The maximum Gasteiger partial charge on any atom is 0.476 e. The molecule has 0 aliphatic carbocycles. The van der Waals surface area contributed by atoms with Gasteiger partial charge in [-0.1, -0.05) is 0 Å². The predicted molar refractivity (Wildman–Crippen MR) is 98.6 cm³/mol. The molecule has 0 unspecified atom stereocenters. The van der Waals surface area contributed by atoms with Gasteiger partial charge >= 0.3 is 8.80 Å². The molecule has 0 saturated heterocycles. The number of quaternary nitrogens is 1. The van der Waals surface area contributed by atoms with Gasteiger partial charge in [0.2, 0.25) is 0 Å². The third-order valence-corrected chi connectivity index (χ3v) is 11.2. The molecule has 0 heterocycles. The Morgan fingerprint density at radius 2 is 1.14 bits per heavy atom. The van der Waals surface area contributed by atoms with Gasteiger partial charge in [0.25, 0.3) is 0 Å². The highest BCUT2D eigenvalue weighted by Crippen LogP contribution is 2.22. The summed E-state index contributed by atoms with van der Waals surface area (Å²) in [5.41, 5.74) is 0. The molecule has 0 rings (SSSR count). The van der Waals surface area contributed by atoms with E-state index < -0.39 is 25.4 Å². The largest absolute Gasteiger partial charge is 0.476 e. The Balaban J connectivity index is 4.42. The lowest BCUT2D eigenvalue weighted by atomic mass is 10.3. The zero-order valence-electron chi connectivity index (χ0n) is 16.0. The van der Waals surface area contributed by atoms with Gasteiger partial charge in [-0.3, -0.25) is 0 Å². The second-order valence-electron chi connectivity index (χ2n) is 8.86. The van der Waals surface area contributed by atoms with Crippen molar-refractivity contribution in [3.63, 3.8) is 0 Å². The molecule has 0 N–H and O–H groups in total. The van der Waals surface area contributed by atoms with Crippen molar-refractivity contribution in [2.45, 2.75) is 58.7 Å². The van der Waals surface area contributed by atoms with Gasteiger partial charge in [-0.25, -0.2) is 0 Å². The van der Waals surface area contributed by atoms with E-state index in [1.54, 1.807) is 0 Å². The monoisotopic (exact) mass is 352 g/mol. The Bertz CT molecular complexity index is 290. The topological polar surface area (TPSA) is 27.7 Å². The fraction of sp³-hybridized carbons (Fsp3) is 1.00. The van der Waals surface area contributed by atoms with Gasteiger partial charge in [0.15, 0.2) is 16.6 Å². The van der Waals surface area contributed by atoms with E-state index in [4.69, 9.17) is 12.7 Å². The first kappa shape index (κ1) is 21.5. The van der Waals surface area contributed by atoms with Crippen LogP contribution in [0.2, 0.25) is 45.8 Å².